The van der Waals surface area contributed by atoms with Crippen molar-refractivity contribution in [2.75, 3.05) is 30.3 Å². The average molecular weight is 485 g/mol. The van der Waals surface area contributed by atoms with Gasteiger partial charge in [-0.05, 0) is 55.2 Å². The van der Waals surface area contributed by atoms with Crippen molar-refractivity contribution in [3.8, 4) is 6.07 Å². The number of rotatable bonds is 8. The molecule has 4 rings (SSSR count). The van der Waals surface area contributed by atoms with Crippen LogP contribution in [0.5, 0.6) is 0 Å². The van der Waals surface area contributed by atoms with Crippen LogP contribution < -0.4 is 10.6 Å². The normalized spacial score (nSPS) is 22.4. The number of nitrogens with one attached hydrogen (secondary N) is 2. The van der Waals surface area contributed by atoms with Crippen molar-refractivity contribution in [1.29, 1.82) is 5.26 Å². The van der Waals surface area contributed by atoms with Crippen molar-refractivity contribution in [3.63, 3.8) is 0 Å². The topological polar surface area (TPSA) is 131 Å². The number of hydrogen-bond acceptors (Lipinski definition) is 8. The van der Waals surface area contributed by atoms with Gasteiger partial charge >= 0.3 is 0 Å². The Morgan fingerprint density at radius 3 is 2.59 bits per heavy atom. The summed E-state index contributed by atoms with van der Waals surface area (Å²) in [6.07, 6.45) is 5.08. The monoisotopic (exact) mass is 484 g/mol. The van der Waals surface area contributed by atoms with Crippen LogP contribution >= 0.6 is 0 Å². The number of aliphatic hydroxyl groups excluding tert-OH is 1. The lowest BCUT2D eigenvalue weighted by Crippen LogP contribution is -2.41. The van der Waals surface area contributed by atoms with Crippen LogP contribution in [-0.2, 0) is 16.4 Å². The summed E-state index contributed by atoms with van der Waals surface area (Å²) < 4.78 is 26.4. The Morgan fingerprint density at radius 2 is 1.97 bits per heavy atom. The minimum Gasteiger partial charge on any atom is -0.393 e. The molecule has 9 nitrogen and oxygen atoms in total. The van der Waals surface area contributed by atoms with E-state index in [1.807, 2.05) is 12.1 Å². The van der Waals surface area contributed by atoms with Gasteiger partial charge < -0.3 is 15.7 Å². The van der Waals surface area contributed by atoms with Crippen molar-refractivity contribution in [2.24, 2.45) is 5.41 Å². The van der Waals surface area contributed by atoms with Crippen molar-refractivity contribution in [2.45, 2.75) is 63.0 Å². The van der Waals surface area contributed by atoms with E-state index in [2.05, 4.69) is 40.5 Å². The van der Waals surface area contributed by atoms with Crippen molar-refractivity contribution < 1.29 is 13.5 Å². The smallest absolute Gasteiger partial charge is 0.243 e. The van der Waals surface area contributed by atoms with Gasteiger partial charge in [0.2, 0.25) is 16.0 Å². The molecule has 1 saturated carbocycles. The number of hydrogen-bond donors (Lipinski definition) is 3. The lowest BCUT2D eigenvalue weighted by atomic mass is 9.73. The molecule has 2 aromatic rings. The minimum absolute atomic E-state index is 0.124. The quantitative estimate of drug-likeness (QED) is 0.521. The zero-order valence-electron chi connectivity index (χ0n) is 19.7. The number of nitriles is 1. The summed E-state index contributed by atoms with van der Waals surface area (Å²) in [7, 11) is -3.37. The molecule has 182 valence electrons. The first-order valence-corrected chi connectivity index (χ1v) is 13.2. The van der Waals surface area contributed by atoms with Crippen molar-refractivity contribution >= 4 is 21.8 Å². The van der Waals surface area contributed by atoms with Gasteiger partial charge in [-0.3, -0.25) is 0 Å². The van der Waals surface area contributed by atoms with Gasteiger partial charge in [-0.15, -0.1) is 0 Å². The largest absolute Gasteiger partial charge is 0.393 e. The Balaban J connectivity index is 1.35. The lowest BCUT2D eigenvalue weighted by molar-refractivity contribution is 0.00926. The minimum atomic E-state index is -3.37. The maximum atomic E-state index is 12.5. The number of aromatic nitrogens is 2. The molecule has 0 unspecified atom stereocenters. The Labute approximate surface area is 201 Å². The summed E-state index contributed by atoms with van der Waals surface area (Å²) >= 11 is 0. The van der Waals surface area contributed by atoms with E-state index in [9.17, 15) is 18.8 Å². The molecule has 3 N–H and O–H groups in total. The third-order valence-electron chi connectivity index (χ3n) is 6.79. The molecule has 0 amide bonds. The van der Waals surface area contributed by atoms with Crippen LogP contribution in [0.15, 0.2) is 35.4 Å². The summed E-state index contributed by atoms with van der Waals surface area (Å²) in [6, 6.07) is 9.25. The number of nitrogens with zero attached hydrogens (tertiary/aromatic N) is 4. The molecule has 0 bridgehead atoms. The first kappa shape index (κ1) is 24.4. The van der Waals surface area contributed by atoms with E-state index in [0.717, 1.165) is 24.8 Å². The van der Waals surface area contributed by atoms with Gasteiger partial charge in [-0.2, -0.15) is 14.6 Å². The fourth-order valence-corrected chi connectivity index (χ4v) is 5.94. The molecule has 0 radical (unpaired) electrons. The molecule has 1 aliphatic heterocycles. The third-order valence-corrected chi connectivity index (χ3v) is 8.70. The van der Waals surface area contributed by atoms with E-state index in [-0.39, 0.29) is 17.6 Å². The maximum absolute atomic E-state index is 12.5. The molecular formula is C24H32N6O3S. The average Bonchev–Trinajstić information content (AvgIpc) is 2.75. The fraction of sp³-hybridized carbons (Fsp3) is 0.542. The number of sulfonamides is 1. The Morgan fingerprint density at radius 1 is 1.24 bits per heavy atom. The first-order valence-electron chi connectivity index (χ1n) is 11.7. The Kier molecular flexibility index (Phi) is 7.07. The van der Waals surface area contributed by atoms with Gasteiger partial charge in [0.25, 0.3) is 0 Å². The highest BCUT2D eigenvalue weighted by Crippen LogP contribution is 2.37. The van der Waals surface area contributed by atoms with Crippen LogP contribution in [0.1, 0.15) is 50.7 Å². The van der Waals surface area contributed by atoms with Gasteiger partial charge in [0.1, 0.15) is 17.5 Å². The molecular weight excluding hydrogens is 452 g/mol. The van der Waals surface area contributed by atoms with Crippen LogP contribution in [0.25, 0.3) is 0 Å². The maximum Gasteiger partial charge on any atom is 0.243 e. The van der Waals surface area contributed by atoms with Gasteiger partial charge in [0.05, 0.1) is 17.2 Å². The second kappa shape index (κ2) is 9.86. The predicted octanol–water partition coefficient (Wildman–Crippen LogP) is 2.75. The third kappa shape index (κ3) is 5.32. The van der Waals surface area contributed by atoms with Crippen LogP contribution in [-0.4, -0.2) is 59.6 Å². The summed E-state index contributed by atoms with van der Waals surface area (Å²) in [5.41, 5.74) is 1.19. The van der Waals surface area contributed by atoms with E-state index in [1.54, 1.807) is 12.1 Å². The van der Waals surface area contributed by atoms with Gasteiger partial charge in [-0.25, -0.2) is 13.4 Å². The first-order chi connectivity index (χ1) is 16.2. The van der Waals surface area contributed by atoms with Crippen LogP contribution in [0.3, 0.4) is 0 Å². The lowest BCUT2D eigenvalue weighted by Gasteiger charge is -2.40. The van der Waals surface area contributed by atoms with E-state index >= 15 is 0 Å². The highest BCUT2D eigenvalue weighted by Gasteiger charge is 2.36. The van der Waals surface area contributed by atoms with E-state index in [0.29, 0.717) is 54.7 Å². The van der Waals surface area contributed by atoms with Crippen LogP contribution in [0, 0.1) is 16.7 Å². The zero-order chi connectivity index (χ0) is 24.3. The van der Waals surface area contributed by atoms with Crippen LogP contribution in [0.2, 0.25) is 0 Å². The molecule has 2 aliphatic rings. The summed E-state index contributed by atoms with van der Waals surface area (Å²) in [5, 5.41) is 26.2. The fourth-order valence-electron chi connectivity index (χ4n) is 4.42. The van der Waals surface area contributed by atoms with Crippen molar-refractivity contribution in [3.05, 3.63) is 41.6 Å². The highest BCUT2D eigenvalue weighted by molar-refractivity contribution is 7.89. The van der Waals surface area contributed by atoms with Gasteiger partial charge in [-0.1, -0.05) is 26.0 Å². The molecule has 1 aliphatic carbocycles. The molecule has 1 saturated heterocycles. The van der Waals surface area contributed by atoms with Crippen LogP contribution in [0.4, 0.5) is 11.8 Å². The zero-order valence-corrected chi connectivity index (χ0v) is 20.5. The van der Waals surface area contributed by atoms with E-state index < -0.39 is 10.0 Å². The van der Waals surface area contributed by atoms with E-state index in [4.69, 9.17) is 0 Å². The van der Waals surface area contributed by atoms with Crippen molar-refractivity contribution in [1.82, 2.24) is 14.3 Å². The number of aliphatic hydroxyl groups is 1. The summed E-state index contributed by atoms with van der Waals surface area (Å²) in [6.45, 7) is 5.85. The molecule has 1 aromatic carbocycles. The highest BCUT2D eigenvalue weighted by atomic mass is 32.2. The number of benzene rings is 1. The Bertz CT molecular complexity index is 1160. The molecule has 0 spiro atoms. The predicted molar refractivity (Wildman–Crippen MR) is 130 cm³/mol. The van der Waals surface area contributed by atoms with Gasteiger partial charge in [0, 0.05) is 25.7 Å². The second-order valence-corrected chi connectivity index (χ2v) is 11.7. The van der Waals surface area contributed by atoms with E-state index in [1.165, 1.54) is 10.5 Å². The molecule has 2 fully saturated rings. The van der Waals surface area contributed by atoms with Gasteiger partial charge in [0.15, 0.2) is 0 Å². The second-order valence-electron chi connectivity index (χ2n) is 9.77. The SMILES string of the molecule is CC1(C)C[C@H](Nc2nc(NCCc3ccc(S(=O)(=O)N4CCC4)cc3)ncc2C#N)CC[C@@H]1O. The molecule has 10 heteroatoms. The molecule has 34 heavy (non-hydrogen) atoms. The standard InChI is InChI=1S/C24H32N6O3S/c1-24(2)14-19(6-9-21(24)31)28-22-18(15-25)16-27-23(29-22)26-11-10-17-4-7-20(8-5-17)34(32,33)30-12-3-13-30/h4-5,7-8,16,19,21,31H,3,6,9-14H2,1-2H3,(H2,26,27,28,29)/t19-,21+/m1/s1. The molecule has 1 aromatic heterocycles. The molecule has 2 heterocycles. The summed E-state index contributed by atoms with van der Waals surface area (Å²) in [4.78, 5) is 9.09. The Hall–Kier alpha value is -2.74. The summed E-state index contributed by atoms with van der Waals surface area (Å²) in [5.74, 6) is 0.923. The molecule has 2 atom stereocenters. The number of anilines is 2.